The van der Waals surface area contributed by atoms with Crippen molar-refractivity contribution < 1.29 is 24.5 Å². The van der Waals surface area contributed by atoms with E-state index in [1.54, 1.807) is 36.4 Å². The van der Waals surface area contributed by atoms with Crippen molar-refractivity contribution in [3.05, 3.63) is 64.7 Å². The summed E-state index contributed by atoms with van der Waals surface area (Å²) in [5, 5.41) is 19.5. The molecule has 0 fully saturated rings. The number of aliphatic hydroxyl groups is 1. The fourth-order valence-electron chi connectivity index (χ4n) is 2.09. The Morgan fingerprint density at radius 2 is 1.59 bits per heavy atom. The molecule has 146 valence electrons. The molecule has 6 nitrogen and oxygen atoms in total. The minimum absolute atomic E-state index is 0.153. The molecule has 0 saturated heterocycles. The van der Waals surface area contributed by atoms with E-state index in [0.717, 1.165) is 12.7 Å². The second-order valence-electron chi connectivity index (χ2n) is 6.07. The second-order valence-corrected chi connectivity index (χ2v) is 6.51. The Kier molecular flexibility index (Phi) is 8.78. The maximum absolute atomic E-state index is 12.0. The number of hydrogen-bond acceptors (Lipinski definition) is 4. The summed E-state index contributed by atoms with van der Waals surface area (Å²) in [5.41, 5.74) is 0.287. The van der Waals surface area contributed by atoms with E-state index in [1.807, 2.05) is 12.1 Å². The molecular formula is C20H24ClNO5. The number of carboxylic acid groups (broad SMARTS) is 1. The summed E-state index contributed by atoms with van der Waals surface area (Å²) in [7, 11) is 1.00. The van der Waals surface area contributed by atoms with E-state index in [9.17, 15) is 9.59 Å². The average Bonchev–Trinajstić information content (AvgIpc) is 2.65. The van der Waals surface area contributed by atoms with E-state index in [2.05, 4.69) is 5.32 Å². The van der Waals surface area contributed by atoms with Gasteiger partial charge in [-0.1, -0.05) is 23.7 Å². The zero-order valence-corrected chi connectivity index (χ0v) is 16.3. The molecule has 0 aliphatic carbocycles. The van der Waals surface area contributed by atoms with Crippen LogP contribution in [0.2, 0.25) is 5.02 Å². The van der Waals surface area contributed by atoms with Crippen molar-refractivity contribution in [2.75, 3.05) is 13.7 Å². The predicted molar refractivity (Wildman–Crippen MR) is 104 cm³/mol. The molecule has 0 radical (unpaired) electrons. The highest BCUT2D eigenvalue weighted by molar-refractivity contribution is 6.30. The van der Waals surface area contributed by atoms with Crippen LogP contribution in [0.25, 0.3) is 0 Å². The van der Waals surface area contributed by atoms with Crippen LogP contribution in [0.15, 0.2) is 48.5 Å². The number of aliphatic carboxylic acids is 1. The van der Waals surface area contributed by atoms with Crippen LogP contribution in [0.4, 0.5) is 0 Å². The number of hydrogen-bond donors (Lipinski definition) is 3. The van der Waals surface area contributed by atoms with Gasteiger partial charge < -0.3 is 20.3 Å². The lowest BCUT2D eigenvalue weighted by Crippen LogP contribution is -2.37. The van der Waals surface area contributed by atoms with Gasteiger partial charge in [0, 0.05) is 24.2 Å². The van der Waals surface area contributed by atoms with E-state index in [0.29, 0.717) is 29.3 Å². The molecule has 1 amide bonds. The number of aliphatic hydroxyl groups excluding tert-OH is 1. The molecule has 0 atom stereocenters. The van der Waals surface area contributed by atoms with Gasteiger partial charge in [0.05, 0.1) is 0 Å². The first-order valence-corrected chi connectivity index (χ1v) is 8.65. The van der Waals surface area contributed by atoms with Gasteiger partial charge in [-0.25, -0.2) is 4.79 Å². The summed E-state index contributed by atoms with van der Waals surface area (Å²) in [6.07, 6.45) is 0.655. The highest BCUT2D eigenvalue weighted by Gasteiger charge is 2.29. The third-order valence-corrected chi connectivity index (χ3v) is 3.87. The van der Waals surface area contributed by atoms with Crippen molar-refractivity contribution in [3.8, 4) is 5.75 Å². The average molecular weight is 394 g/mol. The fourth-order valence-corrected chi connectivity index (χ4v) is 2.21. The number of nitrogens with one attached hydrogen (secondary N) is 1. The normalized spacial score (nSPS) is 10.4. The lowest BCUT2D eigenvalue weighted by molar-refractivity contribution is -0.152. The number of amides is 1. The molecule has 0 bridgehead atoms. The lowest BCUT2D eigenvalue weighted by atomic mass is 10.1. The summed E-state index contributed by atoms with van der Waals surface area (Å²) in [5.74, 6) is -0.692. The lowest BCUT2D eigenvalue weighted by Gasteiger charge is -2.21. The molecule has 2 aromatic rings. The first-order chi connectivity index (χ1) is 12.8. The predicted octanol–water partition coefficient (Wildman–Crippen LogP) is 3.16. The highest BCUT2D eigenvalue weighted by atomic mass is 35.5. The van der Waals surface area contributed by atoms with Crippen LogP contribution in [-0.4, -0.2) is 41.3 Å². The molecular weight excluding hydrogens is 370 g/mol. The molecule has 0 spiro atoms. The van der Waals surface area contributed by atoms with Crippen molar-refractivity contribution in [2.24, 2.45) is 0 Å². The van der Waals surface area contributed by atoms with Crippen molar-refractivity contribution in [1.29, 1.82) is 0 Å². The van der Waals surface area contributed by atoms with Crippen LogP contribution in [0.5, 0.6) is 5.75 Å². The Morgan fingerprint density at radius 3 is 2.11 bits per heavy atom. The molecule has 0 heterocycles. The molecule has 0 unspecified atom stereocenters. The van der Waals surface area contributed by atoms with Gasteiger partial charge in [0.15, 0.2) is 5.60 Å². The molecule has 27 heavy (non-hydrogen) atoms. The summed E-state index contributed by atoms with van der Waals surface area (Å²) in [6.45, 7) is 3.48. The first kappa shape index (κ1) is 22.5. The Morgan fingerprint density at radius 1 is 1.04 bits per heavy atom. The minimum atomic E-state index is -1.28. The number of ether oxygens (including phenoxy) is 1. The number of benzene rings is 2. The van der Waals surface area contributed by atoms with Gasteiger partial charge >= 0.3 is 5.97 Å². The Bertz CT molecular complexity index is 742. The van der Waals surface area contributed by atoms with E-state index >= 15 is 0 Å². The van der Waals surface area contributed by atoms with E-state index in [4.69, 9.17) is 26.6 Å². The number of rotatable bonds is 7. The second kappa shape index (κ2) is 10.5. The minimum Gasteiger partial charge on any atom is -0.478 e. The molecule has 0 saturated carbocycles. The fraction of sp³-hybridized carbons (Fsp3) is 0.300. The molecule has 0 aromatic heterocycles. The van der Waals surface area contributed by atoms with Crippen LogP contribution in [0.3, 0.4) is 0 Å². The largest absolute Gasteiger partial charge is 0.478 e. The molecule has 2 aromatic carbocycles. The standard InChI is InChI=1S/C19H20ClNO4.CH4O/c1-19(2,18(23)24)25-16-9-3-13(4-10-16)11-12-21-17(22)14-5-7-15(20)8-6-14;1-2/h3-10H,11-12H2,1-2H3,(H,21,22)(H,23,24);2H,1H3. The third-order valence-electron chi connectivity index (χ3n) is 3.62. The van der Waals surface area contributed by atoms with Gasteiger partial charge in [-0.3, -0.25) is 4.79 Å². The van der Waals surface area contributed by atoms with Gasteiger partial charge in [-0.15, -0.1) is 0 Å². The first-order valence-electron chi connectivity index (χ1n) is 8.28. The molecule has 7 heteroatoms. The number of carbonyl (C=O) groups is 2. The van der Waals surface area contributed by atoms with Crippen molar-refractivity contribution >= 4 is 23.5 Å². The summed E-state index contributed by atoms with van der Waals surface area (Å²) >= 11 is 5.80. The number of carbonyl (C=O) groups excluding carboxylic acids is 1. The van der Waals surface area contributed by atoms with Gasteiger partial charge in [0.1, 0.15) is 5.75 Å². The van der Waals surface area contributed by atoms with Gasteiger partial charge in [0.25, 0.3) is 5.91 Å². The SMILES string of the molecule is CC(C)(Oc1ccc(CCNC(=O)c2ccc(Cl)cc2)cc1)C(=O)O.CO. The maximum Gasteiger partial charge on any atom is 0.347 e. The summed E-state index contributed by atoms with van der Waals surface area (Å²) in [4.78, 5) is 23.1. The molecule has 2 rings (SSSR count). The highest BCUT2D eigenvalue weighted by Crippen LogP contribution is 2.19. The third kappa shape index (κ3) is 7.29. The molecule has 3 N–H and O–H groups in total. The maximum atomic E-state index is 12.0. The molecule has 0 aliphatic rings. The summed E-state index contributed by atoms with van der Waals surface area (Å²) < 4.78 is 5.45. The van der Waals surface area contributed by atoms with Crippen LogP contribution in [0, 0.1) is 0 Å². The van der Waals surface area contributed by atoms with Crippen molar-refractivity contribution in [3.63, 3.8) is 0 Å². The van der Waals surface area contributed by atoms with Crippen LogP contribution >= 0.6 is 11.6 Å². The number of carboxylic acids is 1. The Balaban J connectivity index is 0.00000176. The zero-order valence-electron chi connectivity index (χ0n) is 15.5. The van der Waals surface area contributed by atoms with Crippen molar-refractivity contribution in [2.45, 2.75) is 25.9 Å². The Hall–Kier alpha value is -2.57. The van der Waals surface area contributed by atoms with Crippen LogP contribution in [0.1, 0.15) is 29.8 Å². The van der Waals surface area contributed by atoms with Crippen molar-refractivity contribution in [1.82, 2.24) is 5.32 Å². The van der Waals surface area contributed by atoms with Crippen LogP contribution < -0.4 is 10.1 Å². The van der Waals surface area contributed by atoms with E-state index in [-0.39, 0.29) is 5.91 Å². The summed E-state index contributed by atoms with van der Waals surface area (Å²) in [6, 6.07) is 13.8. The van der Waals surface area contributed by atoms with Gasteiger partial charge in [-0.05, 0) is 62.2 Å². The van der Waals surface area contributed by atoms with E-state index < -0.39 is 11.6 Å². The number of halogens is 1. The smallest absolute Gasteiger partial charge is 0.347 e. The van der Waals surface area contributed by atoms with Crippen LogP contribution in [-0.2, 0) is 11.2 Å². The van der Waals surface area contributed by atoms with Gasteiger partial charge in [-0.2, -0.15) is 0 Å². The zero-order chi connectivity index (χ0) is 20.4. The van der Waals surface area contributed by atoms with E-state index in [1.165, 1.54) is 13.8 Å². The Labute approximate surface area is 163 Å². The quantitative estimate of drug-likeness (QED) is 0.671. The van der Waals surface area contributed by atoms with Gasteiger partial charge in [0.2, 0.25) is 0 Å². The molecule has 0 aliphatic heterocycles. The topological polar surface area (TPSA) is 95.9 Å². The monoisotopic (exact) mass is 393 g/mol.